The molecule has 16 heavy (non-hydrogen) atoms. The van der Waals surface area contributed by atoms with Gasteiger partial charge in [-0.05, 0) is 50.8 Å². The molecule has 0 radical (unpaired) electrons. The SMILES string of the molecule is Fc1c(Br)cc2c(nc3n2CCCC3)c1Br. The maximum Gasteiger partial charge on any atom is 0.153 e. The highest BCUT2D eigenvalue weighted by molar-refractivity contribution is 9.11. The highest BCUT2D eigenvalue weighted by atomic mass is 79.9. The second kappa shape index (κ2) is 3.81. The van der Waals surface area contributed by atoms with Crippen LogP contribution in [0.1, 0.15) is 18.7 Å². The first kappa shape index (κ1) is 10.7. The van der Waals surface area contributed by atoms with E-state index in [-0.39, 0.29) is 5.82 Å². The van der Waals surface area contributed by atoms with Crippen molar-refractivity contribution in [1.29, 1.82) is 0 Å². The number of imidazole rings is 1. The fourth-order valence-electron chi connectivity index (χ4n) is 2.21. The number of halogens is 3. The molecule has 0 aliphatic carbocycles. The van der Waals surface area contributed by atoms with E-state index in [4.69, 9.17) is 0 Å². The fraction of sp³-hybridized carbons (Fsp3) is 0.364. The van der Waals surface area contributed by atoms with E-state index >= 15 is 0 Å². The number of aromatic nitrogens is 2. The number of hydrogen-bond acceptors (Lipinski definition) is 1. The Morgan fingerprint density at radius 3 is 2.94 bits per heavy atom. The van der Waals surface area contributed by atoms with Gasteiger partial charge in [0.05, 0.1) is 14.5 Å². The van der Waals surface area contributed by atoms with Gasteiger partial charge in [0.15, 0.2) is 5.82 Å². The summed E-state index contributed by atoms with van der Waals surface area (Å²) in [4.78, 5) is 4.51. The van der Waals surface area contributed by atoms with Crippen LogP contribution in [0.15, 0.2) is 15.0 Å². The van der Waals surface area contributed by atoms with Crippen molar-refractivity contribution in [3.63, 3.8) is 0 Å². The van der Waals surface area contributed by atoms with E-state index in [2.05, 4.69) is 41.4 Å². The van der Waals surface area contributed by atoms with Gasteiger partial charge in [0, 0.05) is 13.0 Å². The summed E-state index contributed by atoms with van der Waals surface area (Å²) >= 11 is 6.51. The summed E-state index contributed by atoms with van der Waals surface area (Å²) in [6.45, 7) is 0.982. The van der Waals surface area contributed by atoms with Crippen LogP contribution in [0.5, 0.6) is 0 Å². The molecule has 0 bridgehead atoms. The first-order valence-electron chi connectivity index (χ1n) is 5.21. The molecule has 0 unspecified atom stereocenters. The fourth-order valence-corrected chi connectivity index (χ4v) is 3.39. The zero-order valence-corrected chi connectivity index (χ0v) is 11.6. The van der Waals surface area contributed by atoms with Crippen LogP contribution in [0, 0.1) is 5.82 Å². The normalized spacial score (nSPS) is 15.4. The Hall–Kier alpha value is -0.420. The van der Waals surface area contributed by atoms with Gasteiger partial charge in [-0.2, -0.15) is 0 Å². The molecular weight excluding hydrogens is 339 g/mol. The van der Waals surface area contributed by atoms with E-state index in [1.807, 2.05) is 6.07 Å². The second-order valence-electron chi connectivity index (χ2n) is 3.99. The summed E-state index contributed by atoms with van der Waals surface area (Å²) in [5.41, 5.74) is 1.74. The number of rotatable bonds is 0. The number of fused-ring (bicyclic) bond motifs is 3. The van der Waals surface area contributed by atoms with E-state index < -0.39 is 0 Å². The van der Waals surface area contributed by atoms with Crippen LogP contribution in [-0.2, 0) is 13.0 Å². The van der Waals surface area contributed by atoms with Crippen LogP contribution < -0.4 is 0 Å². The molecule has 0 spiro atoms. The minimum atomic E-state index is -0.275. The Labute approximate surface area is 109 Å². The summed E-state index contributed by atoms with van der Waals surface area (Å²) in [5, 5.41) is 0. The Morgan fingerprint density at radius 2 is 2.12 bits per heavy atom. The lowest BCUT2D eigenvalue weighted by Crippen LogP contribution is -2.09. The Bertz CT molecular complexity index is 577. The van der Waals surface area contributed by atoms with E-state index in [1.54, 1.807) is 0 Å². The van der Waals surface area contributed by atoms with Gasteiger partial charge in [0.25, 0.3) is 0 Å². The summed E-state index contributed by atoms with van der Waals surface area (Å²) < 4.78 is 16.8. The van der Waals surface area contributed by atoms with Crippen molar-refractivity contribution < 1.29 is 4.39 Å². The number of hydrogen-bond donors (Lipinski definition) is 0. The molecule has 0 N–H and O–H groups in total. The number of benzene rings is 1. The summed E-state index contributed by atoms with van der Waals surface area (Å²) in [6, 6.07) is 1.82. The molecule has 2 nitrogen and oxygen atoms in total. The molecule has 0 fully saturated rings. The molecule has 3 rings (SSSR count). The van der Waals surface area contributed by atoms with Gasteiger partial charge in [0.1, 0.15) is 11.3 Å². The average molecular weight is 348 g/mol. The highest BCUT2D eigenvalue weighted by Crippen LogP contribution is 2.33. The molecule has 84 valence electrons. The molecule has 0 saturated carbocycles. The summed E-state index contributed by atoms with van der Waals surface area (Å²) in [5.74, 6) is 0.794. The van der Waals surface area contributed by atoms with Crippen molar-refractivity contribution in [3.8, 4) is 0 Å². The van der Waals surface area contributed by atoms with Gasteiger partial charge in [-0.1, -0.05) is 0 Å². The number of aryl methyl sites for hydroxylation is 2. The Balaban J connectivity index is 2.39. The predicted molar refractivity (Wildman–Crippen MR) is 68.0 cm³/mol. The lowest BCUT2D eigenvalue weighted by molar-refractivity contribution is 0.533. The largest absolute Gasteiger partial charge is 0.328 e. The smallest absolute Gasteiger partial charge is 0.153 e. The molecule has 0 saturated heterocycles. The van der Waals surface area contributed by atoms with Crippen LogP contribution in [0.25, 0.3) is 11.0 Å². The van der Waals surface area contributed by atoms with Crippen molar-refractivity contribution in [2.75, 3.05) is 0 Å². The maximum atomic E-state index is 13.7. The van der Waals surface area contributed by atoms with Crippen LogP contribution in [0.2, 0.25) is 0 Å². The first-order chi connectivity index (χ1) is 7.68. The highest BCUT2D eigenvalue weighted by Gasteiger charge is 2.19. The monoisotopic (exact) mass is 346 g/mol. The van der Waals surface area contributed by atoms with Gasteiger partial charge in [-0.15, -0.1) is 0 Å². The zero-order chi connectivity index (χ0) is 11.3. The molecule has 2 aromatic rings. The summed E-state index contributed by atoms with van der Waals surface area (Å²) in [7, 11) is 0. The van der Waals surface area contributed by atoms with Crippen molar-refractivity contribution >= 4 is 42.9 Å². The topological polar surface area (TPSA) is 17.8 Å². The van der Waals surface area contributed by atoms with Crippen molar-refractivity contribution in [3.05, 3.63) is 26.7 Å². The van der Waals surface area contributed by atoms with E-state index in [1.165, 1.54) is 12.8 Å². The molecule has 1 aliphatic heterocycles. The van der Waals surface area contributed by atoms with Gasteiger partial charge in [-0.25, -0.2) is 9.37 Å². The third-order valence-corrected chi connectivity index (χ3v) is 4.29. The minimum absolute atomic E-state index is 0.275. The van der Waals surface area contributed by atoms with Crippen LogP contribution in [0.4, 0.5) is 4.39 Å². The Morgan fingerprint density at radius 1 is 1.31 bits per heavy atom. The molecular formula is C11H9Br2FN2. The quantitative estimate of drug-likeness (QED) is 0.658. The first-order valence-corrected chi connectivity index (χ1v) is 6.79. The van der Waals surface area contributed by atoms with E-state index in [0.717, 1.165) is 29.8 Å². The van der Waals surface area contributed by atoms with Gasteiger partial charge in [-0.3, -0.25) is 0 Å². The molecule has 5 heteroatoms. The lowest BCUT2D eigenvalue weighted by Gasteiger charge is -2.13. The van der Waals surface area contributed by atoms with Crippen molar-refractivity contribution in [1.82, 2.24) is 9.55 Å². The minimum Gasteiger partial charge on any atom is -0.328 e. The summed E-state index contributed by atoms with van der Waals surface area (Å²) in [6.07, 6.45) is 3.33. The number of nitrogens with zero attached hydrogens (tertiary/aromatic N) is 2. The lowest BCUT2D eigenvalue weighted by atomic mass is 10.2. The van der Waals surface area contributed by atoms with Gasteiger partial charge >= 0.3 is 0 Å². The van der Waals surface area contributed by atoms with Crippen molar-refractivity contribution in [2.24, 2.45) is 0 Å². The average Bonchev–Trinajstić information content (AvgIpc) is 2.65. The zero-order valence-electron chi connectivity index (χ0n) is 8.43. The van der Waals surface area contributed by atoms with E-state index in [0.29, 0.717) is 8.95 Å². The molecule has 1 aromatic carbocycles. The standard InChI is InChI=1S/C11H9Br2FN2/c12-6-5-7-11(9(13)10(6)14)15-8-3-1-2-4-16(7)8/h5H,1-4H2. The molecule has 2 heterocycles. The van der Waals surface area contributed by atoms with E-state index in [9.17, 15) is 4.39 Å². The molecule has 0 amide bonds. The Kier molecular flexibility index (Phi) is 2.55. The maximum absolute atomic E-state index is 13.7. The molecule has 0 atom stereocenters. The third-order valence-electron chi connectivity index (χ3n) is 2.99. The van der Waals surface area contributed by atoms with Crippen LogP contribution in [0.3, 0.4) is 0 Å². The van der Waals surface area contributed by atoms with Gasteiger partial charge < -0.3 is 4.57 Å². The van der Waals surface area contributed by atoms with Crippen LogP contribution >= 0.6 is 31.9 Å². The van der Waals surface area contributed by atoms with Crippen molar-refractivity contribution in [2.45, 2.75) is 25.8 Å². The predicted octanol–water partition coefficient (Wildman–Crippen LogP) is 4.04. The molecule has 1 aliphatic rings. The second-order valence-corrected chi connectivity index (χ2v) is 5.64. The van der Waals surface area contributed by atoms with Crippen LogP contribution in [-0.4, -0.2) is 9.55 Å². The van der Waals surface area contributed by atoms with Gasteiger partial charge in [0.2, 0.25) is 0 Å². The molecule has 1 aromatic heterocycles. The third kappa shape index (κ3) is 1.44.